The van der Waals surface area contributed by atoms with Gasteiger partial charge in [-0.1, -0.05) is 34.5 Å². The molecule has 0 fully saturated rings. The van der Waals surface area contributed by atoms with Crippen LogP contribution in [0.4, 0.5) is 0 Å². The average molecular weight is 439 g/mol. The number of nitrogens with two attached hydrogens (primary N) is 2. The molecule has 12 heteroatoms. The lowest BCUT2D eigenvalue weighted by Gasteiger charge is -2.03. The van der Waals surface area contributed by atoms with Gasteiger partial charge < -0.3 is 21.7 Å². The summed E-state index contributed by atoms with van der Waals surface area (Å²) in [7, 11) is 0. The molecule has 10 nitrogen and oxygen atoms in total. The number of amides is 1. The van der Waals surface area contributed by atoms with E-state index in [1.165, 1.54) is 12.3 Å². The number of nitrogens with zero attached hydrogens (tertiary/aromatic N) is 4. The third kappa shape index (κ3) is 6.14. The summed E-state index contributed by atoms with van der Waals surface area (Å²) in [6, 6.07) is 6.66. The van der Waals surface area contributed by atoms with Gasteiger partial charge in [-0.25, -0.2) is 9.67 Å². The number of aromatic hydroxyl groups is 1. The average Bonchev–Trinajstić information content (AvgIpc) is 3.13. The Kier molecular flexibility index (Phi) is 7.48. The van der Waals surface area contributed by atoms with Crippen molar-refractivity contribution in [2.45, 2.75) is 6.54 Å². The highest BCUT2D eigenvalue weighted by molar-refractivity contribution is 6.42. The van der Waals surface area contributed by atoms with Crippen LogP contribution < -0.4 is 11.5 Å². The molecule has 2 aromatic heterocycles. The first-order valence-corrected chi connectivity index (χ1v) is 8.72. The van der Waals surface area contributed by atoms with Crippen LogP contribution in [0.3, 0.4) is 0 Å². The fourth-order valence-electron chi connectivity index (χ4n) is 2.12. The summed E-state index contributed by atoms with van der Waals surface area (Å²) < 4.78 is 1.61. The number of hydrogen-bond acceptors (Lipinski definition) is 7. The zero-order valence-corrected chi connectivity index (χ0v) is 16.3. The number of aliphatic carboxylic acids is 1. The second kappa shape index (κ2) is 9.82. The molecule has 3 aromatic rings. The van der Waals surface area contributed by atoms with E-state index >= 15 is 0 Å². The first-order chi connectivity index (χ1) is 13.7. The van der Waals surface area contributed by atoms with Crippen molar-refractivity contribution in [1.29, 1.82) is 0 Å². The van der Waals surface area contributed by atoms with Crippen molar-refractivity contribution in [2.24, 2.45) is 11.5 Å². The minimum absolute atomic E-state index is 0.193. The number of primary amides is 1. The highest BCUT2D eigenvalue weighted by Crippen LogP contribution is 2.24. The Hall–Kier alpha value is -3.21. The van der Waals surface area contributed by atoms with Gasteiger partial charge in [0.25, 0.3) is 5.91 Å². The molecule has 0 aliphatic carbocycles. The van der Waals surface area contributed by atoms with Gasteiger partial charge in [-0.3, -0.25) is 9.59 Å². The number of pyridine rings is 1. The third-order valence-electron chi connectivity index (χ3n) is 3.44. The van der Waals surface area contributed by atoms with E-state index in [-0.39, 0.29) is 18.0 Å². The molecule has 0 atom stereocenters. The first kappa shape index (κ1) is 22.1. The van der Waals surface area contributed by atoms with Gasteiger partial charge in [-0.05, 0) is 23.8 Å². The monoisotopic (exact) mass is 438 g/mol. The zero-order valence-electron chi connectivity index (χ0n) is 14.8. The third-order valence-corrected chi connectivity index (χ3v) is 4.18. The van der Waals surface area contributed by atoms with Crippen LogP contribution in [0, 0.1) is 0 Å². The predicted molar refractivity (Wildman–Crippen MR) is 106 cm³/mol. The van der Waals surface area contributed by atoms with Crippen molar-refractivity contribution in [3.8, 4) is 17.0 Å². The largest absolute Gasteiger partial charge is 0.505 e. The van der Waals surface area contributed by atoms with Gasteiger partial charge in [0, 0.05) is 11.8 Å². The van der Waals surface area contributed by atoms with Crippen LogP contribution in [-0.2, 0) is 11.3 Å². The van der Waals surface area contributed by atoms with Gasteiger partial charge in [-0.2, -0.15) is 0 Å². The summed E-state index contributed by atoms with van der Waals surface area (Å²) >= 11 is 11.9. The summed E-state index contributed by atoms with van der Waals surface area (Å²) in [5.74, 6) is -2.08. The number of carbonyl (C=O) groups is 2. The Morgan fingerprint density at radius 1 is 1.17 bits per heavy atom. The number of rotatable bonds is 5. The molecule has 0 unspecified atom stereocenters. The number of carbonyl (C=O) groups excluding carboxylic acids is 1. The molecule has 152 valence electrons. The van der Waals surface area contributed by atoms with Crippen molar-refractivity contribution in [2.75, 3.05) is 6.54 Å². The van der Waals surface area contributed by atoms with Crippen molar-refractivity contribution in [3.05, 3.63) is 58.0 Å². The Morgan fingerprint density at radius 2 is 1.86 bits per heavy atom. The normalized spacial score (nSPS) is 10.2. The van der Waals surface area contributed by atoms with Crippen LogP contribution in [0.5, 0.6) is 5.75 Å². The maximum absolute atomic E-state index is 11.1. The molecular formula is C17H16Cl2N6O4. The Bertz CT molecular complexity index is 1040. The SMILES string of the molecule is NC(=O)c1ncc(-c2cn(Cc3ccc(Cl)c(Cl)c3)nn2)cc1O.NCC(=O)O. The lowest BCUT2D eigenvalue weighted by molar-refractivity contribution is -0.135. The van der Waals surface area contributed by atoms with Crippen molar-refractivity contribution < 1.29 is 19.8 Å². The maximum atomic E-state index is 11.1. The second-order valence-corrected chi connectivity index (χ2v) is 6.42. The van der Waals surface area contributed by atoms with E-state index in [1.54, 1.807) is 23.0 Å². The Balaban J connectivity index is 0.000000537. The van der Waals surface area contributed by atoms with Gasteiger partial charge in [0.2, 0.25) is 0 Å². The lowest BCUT2D eigenvalue weighted by atomic mass is 10.2. The van der Waals surface area contributed by atoms with Gasteiger partial charge >= 0.3 is 5.97 Å². The number of carboxylic acid groups (broad SMARTS) is 1. The molecule has 1 aromatic carbocycles. The molecule has 0 bridgehead atoms. The summed E-state index contributed by atoms with van der Waals surface area (Å²) in [5.41, 5.74) is 11.4. The second-order valence-electron chi connectivity index (χ2n) is 5.60. The molecule has 6 N–H and O–H groups in total. The molecule has 2 heterocycles. The van der Waals surface area contributed by atoms with Gasteiger partial charge in [0.05, 0.1) is 29.3 Å². The van der Waals surface area contributed by atoms with E-state index in [0.717, 1.165) is 5.56 Å². The van der Waals surface area contributed by atoms with Crippen LogP contribution in [0.15, 0.2) is 36.7 Å². The van der Waals surface area contributed by atoms with Crippen LogP contribution in [0.2, 0.25) is 10.0 Å². The number of halogens is 2. The number of aromatic nitrogens is 4. The molecule has 1 amide bonds. The van der Waals surface area contributed by atoms with Crippen molar-refractivity contribution in [1.82, 2.24) is 20.0 Å². The molecule has 0 radical (unpaired) electrons. The molecule has 0 saturated heterocycles. The van der Waals surface area contributed by atoms with Gasteiger partial charge in [-0.15, -0.1) is 5.10 Å². The van der Waals surface area contributed by atoms with E-state index in [0.29, 0.717) is 27.8 Å². The number of benzene rings is 1. The molecule has 0 saturated carbocycles. The topological polar surface area (TPSA) is 170 Å². The maximum Gasteiger partial charge on any atom is 0.317 e. The Morgan fingerprint density at radius 3 is 2.41 bits per heavy atom. The number of carboxylic acids is 1. The molecule has 0 spiro atoms. The van der Waals surface area contributed by atoms with Crippen LogP contribution in [0.1, 0.15) is 16.1 Å². The minimum atomic E-state index is -0.968. The molecule has 3 rings (SSSR count). The van der Waals surface area contributed by atoms with Crippen LogP contribution in [-0.4, -0.2) is 48.6 Å². The van der Waals surface area contributed by atoms with E-state index in [2.05, 4.69) is 21.0 Å². The van der Waals surface area contributed by atoms with E-state index < -0.39 is 11.9 Å². The predicted octanol–water partition coefficient (Wildman–Crippen LogP) is 1.53. The summed E-state index contributed by atoms with van der Waals surface area (Å²) in [6.07, 6.45) is 3.08. The summed E-state index contributed by atoms with van der Waals surface area (Å²) in [5, 5.41) is 26.4. The highest BCUT2D eigenvalue weighted by Gasteiger charge is 2.12. The molecule has 0 aliphatic rings. The highest BCUT2D eigenvalue weighted by atomic mass is 35.5. The van der Waals surface area contributed by atoms with Gasteiger partial charge in [0.1, 0.15) is 11.4 Å². The van der Waals surface area contributed by atoms with E-state index in [4.69, 9.17) is 34.0 Å². The van der Waals surface area contributed by atoms with Gasteiger partial charge in [0.15, 0.2) is 5.69 Å². The van der Waals surface area contributed by atoms with Crippen LogP contribution in [0.25, 0.3) is 11.3 Å². The summed E-state index contributed by atoms with van der Waals surface area (Å²) in [4.78, 5) is 24.2. The first-order valence-electron chi connectivity index (χ1n) is 7.96. The molecule has 29 heavy (non-hydrogen) atoms. The number of hydrogen-bond donors (Lipinski definition) is 4. The molecule has 0 aliphatic heterocycles. The van der Waals surface area contributed by atoms with E-state index in [9.17, 15) is 14.7 Å². The van der Waals surface area contributed by atoms with Crippen LogP contribution >= 0.6 is 23.2 Å². The summed E-state index contributed by atoms with van der Waals surface area (Å²) in [6.45, 7) is 0.169. The fraction of sp³-hybridized carbons (Fsp3) is 0.118. The minimum Gasteiger partial charge on any atom is -0.505 e. The van der Waals surface area contributed by atoms with E-state index in [1.807, 2.05) is 6.07 Å². The van der Waals surface area contributed by atoms with Crippen molar-refractivity contribution >= 4 is 35.1 Å². The lowest BCUT2D eigenvalue weighted by Crippen LogP contribution is -2.13. The quantitative estimate of drug-likeness (QED) is 0.464. The Labute approximate surface area is 174 Å². The van der Waals surface area contributed by atoms with Crippen molar-refractivity contribution in [3.63, 3.8) is 0 Å². The zero-order chi connectivity index (χ0) is 21.6. The standard InChI is InChI=1S/C15H11Cl2N5O2.C2H5NO2/c16-10-2-1-8(3-11(10)17)6-22-7-12(20-21-22)9-4-13(23)14(15(18)24)19-5-9;3-1-2(4)5/h1-5,7,23H,6H2,(H2,18,24);1,3H2,(H,4,5). The molecular weight excluding hydrogens is 423 g/mol. The smallest absolute Gasteiger partial charge is 0.317 e. The fourth-order valence-corrected chi connectivity index (χ4v) is 2.44.